The van der Waals surface area contributed by atoms with Crippen LogP contribution in [0.4, 0.5) is 4.79 Å². The fourth-order valence-corrected chi connectivity index (χ4v) is 4.06. The number of nitrogens with one attached hydrogen (secondary N) is 3. The Balaban J connectivity index is 2.71. The van der Waals surface area contributed by atoms with E-state index in [9.17, 15) is 19.2 Å². The van der Waals surface area contributed by atoms with Crippen LogP contribution in [0.15, 0.2) is 71.2 Å². The van der Waals surface area contributed by atoms with Crippen LogP contribution in [-0.2, 0) is 28.6 Å². The molecule has 0 aromatic carbocycles. The molecular formula is C32H46ClN3O7. The first-order chi connectivity index (χ1) is 20.2. The molecule has 10 nitrogen and oxygen atoms in total. The van der Waals surface area contributed by atoms with E-state index in [4.69, 9.17) is 25.8 Å². The van der Waals surface area contributed by atoms with E-state index in [1.165, 1.54) is 26.4 Å². The number of cyclic esters (lactones) is 1. The van der Waals surface area contributed by atoms with Crippen LogP contribution in [0.5, 0.6) is 0 Å². The van der Waals surface area contributed by atoms with E-state index in [2.05, 4.69) is 16.0 Å². The van der Waals surface area contributed by atoms with Crippen molar-refractivity contribution in [2.45, 2.75) is 79.1 Å². The second kappa shape index (κ2) is 18.7. The van der Waals surface area contributed by atoms with Crippen molar-refractivity contribution in [3.05, 3.63) is 71.2 Å². The molecule has 3 N–H and O–H groups in total. The molecular weight excluding hydrogens is 574 g/mol. The molecule has 11 heteroatoms. The molecule has 0 radical (unpaired) electrons. The average Bonchev–Trinajstić information content (AvgIpc) is 2.93. The number of halogens is 1. The summed E-state index contributed by atoms with van der Waals surface area (Å²) in [7, 11) is 2.91. The first-order valence-electron chi connectivity index (χ1n) is 14.1. The maximum Gasteiger partial charge on any atom is 0.407 e. The predicted octanol–water partition coefficient (Wildman–Crippen LogP) is 5.34. The Morgan fingerprint density at radius 2 is 1.84 bits per heavy atom. The topological polar surface area (TPSA) is 132 Å². The molecule has 0 spiro atoms. The van der Waals surface area contributed by atoms with E-state index in [-0.39, 0.29) is 23.7 Å². The minimum Gasteiger partial charge on any atom is -0.490 e. The van der Waals surface area contributed by atoms with Crippen molar-refractivity contribution in [2.24, 2.45) is 11.3 Å². The van der Waals surface area contributed by atoms with Crippen LogP contribution in [0.1, 0.15) is 60.8 Å². The molecule has 0 aromatic heterocycles. The Morgan fingerprint density at radius 3 is 2.42 bits per heavy atom. The fraction of sp³-hybridized carbons (Fsp3) is 0.500. The van der Waals surface area contributed by atoms with Gasteiger partial charge in [0.1, 0.15) is 18.2 Å². The van der Waals surface area contributed by atoms with Crippen molar-refractivity contribution in [1.82, 2.24) is 16.0 Å². The van der Waals surface area contributed by atoms with Crippen molar-refractivity contribution >= 4 is 35.5 Å². The number of alkyl carbamates (subject to hydrolysis) is 1. The maximum atomic E-state index is 12.9. The van der Waals surface area contributed by atoms with E-state index in [0.29, 0.717) is 24.3 Å². The molecule has 4 atom stereocenters. The van der Waals surface area contributed by atoms with Crippen molar-refractivity contribution in [3.63, 3.8) is 0 Å². The lowest BCUT2D eigenvalue weighted by molar-refractivity contribution is -0.151. The van der Waals surface area contributed by atoms with E-state index in [1.54, 1.807) is 37.3 Å². The van der Waals surface area contributed by atoms with Crippen LogP contribution in [0, 0.1) is 11.3 Å². The first kappa shape index (κ1) is 37.2. The van der Waals surface area contributed by atoms with Crippen molar-refractivity contribution in [1.29, 1.82) is 0 Å². The zero-order chi connectivity index (χ0) is 32.6. The first-order valence-corrected chi connectivity index (χ1v) is 14.5. The van der Waals surface area contributed by atoms with Gasteiger partial charge < -0.3 is 30.2 Å². The Kier molecular flexibility index (Phi) is 16.2. The maximum absolute atomic E-state index is 12.9. The molecule has 0 bridgehead atoms. The highest BCUT2D eigenvalue weighted by atomic mass is 35.5. The normalized spacial score (nSPS) is 18.6. The Bertz CT molecular complexity index is 1160. The predicted molar refractivity (Wildman–Crippen MR) is 168 cm³/mol. The summed E-state index contributed by atoms with van der Waals surface area (Å²) in [6.07, 6.45) is 15.2. The number of rotatable bonds is 14. The molecule has 0 aliphatic carbocycles. The second-order valence-corrected chi connectivity index (χ2v) is 11.8. The van der Waals surface area contributed by atoms with E-state index in [0.717, 1.165) is 5.57 Å². The largest absolute Gasteiger partial charge is 0.490 e. The van der Waals surface area contributed by atoms with Gasteiger partial charge in [0.05, 0.1) is 7.11 Å². The zero-order valence-electron chi connectivity index (χ0n) is 26.4. The van der Waals surface area contributed by atoms with E-state index >= 15 is 0 Å². The number of carbonyl (C=O) groups excluding carboxylic acids is 4. The molecule has 1 heterocycles. The van der Waals surface area contributed by atoms with Gasteiger partial charge in [-0.25, -0.2) is 9.59 Å². The molecule has 1 aliphatic heterocycles. The third-order valence-corrected chi connectivity index (χ3v) is 6.50. The van der Waals surface area contributed by atoms with E-state index < -0.39 is 35.5 Å². The zero-order valence-corrected chi connectivity index (χ0v) is 27.1. The number of hydrogen-bond acceptors (Lipinski definition) is 7. The number of carbonyl (C=O) groups is 4. The number of amides is 3. The van der Waals surface area contributed by atoms with Gasteiger partial charge in [-0.05, 0) is 31.5 Å². The molecule has 0 fully saturated rings. The summed E-state index contributed by atoms with van der Waals surface area (Å²) in [6, 6.07) is -0.814. The lowest BCUT2D eigenvalue weighted by Crippen LogP contribution is -2.52. The standard InChI is InChI=1S/C32H46ClN3O7/c1-21(20-22(2)25-17-18-26(41-8)30(39)43-25)12-9-10-14-27(37)36-28(32(4,5)6)29(38)35-19-11-13-24(16-15-23(3)33)42-31(40)34-7/h9-12,14-15,18-20,22,24-25,28H,13,16-17H2,1-8H3,(H,34,40)(H,35,38)(H,36,37)/b12-9-,14-10-,19-11-,21-20+,23-15+/t22-,24+,25-,28+/m0/s1. The highest BCUT2D eigenvalue weighted by Crippen LogP contribution is 2.23. The lowest BCUT2D eigenvalue weighted by Gasteiger charge is -2.29. The van der Waals surface area contributed by atoms with Gasteiger partial charge in [0.2, 0.25) is 11.8 Å². The molecule has 1 rings (SSSR count). The summed E-state index contributed by atoms with van der Waals surface area (Å²) in [6.45, 7) is 11.2. The number of allylic oxidation sites excluding steroid dienone is 5. The molecule has 43 heavy (non-hydrogen) atoms. The third-order valence-electron chi connectivity index (χ3n) is 6.34. The van der Waals surface area contributed by atoms with Gasteiger partial charge in [0, 0.05) is 43.3 Å². The van der Waals surface area contributed by atoms with Crippen molar-refractivity contribution in [2.75, 3.05) is 14.2 Å². The van der Waals surface area contributed by atoms with Gasteiger partial charge in [-0.15, -0.1) is 0 Å². The number of ether oxygens (including phenoxy) is 3. The molecule has 3 amide bonds. The van der Waals surface area contributed by atoms with Crippen LogP contribution in [0.2, 0.25) is 0 Å². The number of methoxy groups -OCH3 is 1. The van der Waals surface area contributed by atoms with Gasteiger partial charge in [0.25, 0.3) is 0 Å². The monoisotopic (exact) mass is 619 g/mol. The van der Waals surface area contributed by atoms with Crippen LogP contribution in [0.25, 0.3) is 0 Å². The minimum atomic E-state index is -0.814. The van der Waals surface area contributed by atoms with Gasteiger partial charge in [-0.1, -0.05) is 81.3 Å². The summed E-state index contributed by atoms with van der Waals surface area (Å²) >= 11 is 5.89. The van der Waals surface area contributed by atoms with Gasteiger partial charge in [-0.3, -0.25) is 9.59 Å². The average molecular weight is 620 g/mol. The number of esters is 1. The Morgan fingerprint density at radius 1 is 1.16 bits per heavy atom. The smallest absolute Gasteiger partial charge is 0.407 e. The van der Waals surface area contributed by atoms with Crippen LogP contribution in [0.3, 0.4) is 0 Å². The fourth-order valence-electron chi connectivity index (χ4n) is 3.97. The molecule has 0 saturated heterocycles. The molecule has 0 saturated carbocycles. The van der Waals surface area contributed by atoms with E-state index in [1.807, 2.05) is 46.8 Å². The Hall–Kier alpha value is -3.79. The summed E-state index contributed by atoms with van der Waals surface area (Å²) in [4.78, 5) is 49.1. The van der Waals surface area contributed by atoms with Crippen LogP contribution >= 0.6 is 11.6 Å². The van der Waals surface area contributed by atoms with Crippen LogP contribution in [-0.4, -0.2) is 56.3 Å². The summed E-state index contributed by atoms with van der Waals surface area (Å²) in [5.74, 6) is -1.07. The molecule has 238 valence electrons. The highest BCUT2D eigenvalue weighted by molar-refractivity contribution is 6.29. The number of hydrogen-bond donors (Lipinski definition) is 3. The summed E-state index contributed by atoms with van der Waals surface area (Å²) < 4.78 is 15.7. The third kappa shape index (κ3) is 14.8. The van der Waals surface area contributed by atoms with Gasteiger partial charge >= 0.3 is 12.1 Å². The molecule has 0 aromatic rings. The summed E-state index contributed by atoms with van der Waals surface area (Å²) in [5, 5.41) is 8.45. The molecule has 1 aliphatic rings. The quantitative estimate of drug-likeness (QED) is 0.136. The minimum absolute atomic E-state index is 0.0171. The van der Waals surface area contributed by atoms with Gasteiger partial charge in [0.15, 0.2) is 5.76 Å². The van der Waals surface area contributed by atoms with Crippen molar-refractivity contribution in [3.8, 4) is 0 Å². The van der Waals surface area contributed by atoms with Crippen LogP contribution < -0.4 is 16.0 Å². The summed E-state index contributed by atoms with van der Waals surface area (Å²) in [5.41, 5.74) is 0.368. The lowest BCUT2D eigenvalue weighted by atomic mass is 9.86. The molecule has 0 unspecified atom stereocenters. The SMILES string of the molecule is CNC(=O)O[C@H](C/C=C\NC(=O)[C@@H](NC(=O)\C=C/C=C\C(C)=C\[C@H](C)[C@@H]1CC=C(OC)C(=O)O1)C(C)(C)C)C/C=C(\C)Cl. The Labute approximate surface area is 260 Å². The highest BCUT2D eigenvalue weighted by Gasteiger charge is 2.32. The second-order valence-electron chi connectivity index (χ2n) is 11.2. The van der Waals surface area contributed by atoms with Gasteiger partial charge in [-0.2, -0.15) is 0 Å². The van der Waals surface area contributed by atoms with Crippen molar-refractivity contribution < 1.29 is 33.4 Å².